The van der Waals surface area contributed by atoms with Gasteiger partial charge >= 0.3 is 24.8 Å². The molecule has 0 nitrogen and oxygen atoms in total. The quantitative estimate of drug-likeness (QED) is 0.347. The van der Waals surface area contributed by atoms with E-state index in [1.807, 2.05) is 31.2 Å². The van der Waals surface area contributed by atoms with E-state index in [1.165, 1.54) is 5.56 Å². The molecule has 0 unspecified atom stereocenters. The van der Waals surface area contributed by atoms with E-state index in [9.17, 15) is 0 Å². The molecule has 0 aromatic heterocycles. The Hall–Kier alpha value is 0.864. The first-order valence-electron chi connectivity index (χ1n) is 5.13. The predicted octanol–water partition coefficient (Wildman–Crippen LogP) is 5.20. The summed E-state index contributed by atoms with van der Waals surface area (Å²) < 4.78 is 0. The zero-order valence-corrected chi connectivity index (χ0v) is 15.4. The maximum absolute atomic E-state index is 4.26. The molecule has 4 heteroatoms. The van der Waals surface area contributed by atoms with Crippen molar-refractivity contribution in [2.45, 2.75) is 6.92 Å². The predicted molar refractivity (Wildman–Crippen MR) is 85.3 cm³/mol. The van der Waals surface area contributed by atoms with Crippen LogP contribution in [0, 0.1) is 13.0 Å². The van der Waals surface area contributed by atoms with Crippen LogP contribution in [0.25, 0.3) is 0 Å². The standard InChI is InChI=1S/C7H7.2C3H9P.ClH.Ni/c1-7-5-3-2-4-6-7;2*1-4(2)3;;/h2-5H,1H3;2*1-3H3;1H;/q-1;;;;+1/p-1. The van der Waals surface area contributed by atoms with E-state index in [-0.39, 0.29) is 0 Å². The number of rotatable bonds is 0. The van der Waals surface area contributed by atoms with Crippen LogP contribution in [0.3, 0.4) is 0 Å². The maximum atomic E-state index is 4.26. The van der Waals surface area contributed by atoms with Gasteiger partial charge in [0.15, 0.2) is 0 Å². The molecule has 0 aliphatic carbocycles. The molecule has 17 heavy (non-hydrogen) atoms. The van der Waals surface area contributed by atoms with Crippen molar-refractivity contribution in [3.05, 3.63) is 35.9 Å². The van der Waals surface area contributed by atoms with Crippen LogP contribution in [0.2, 0.25) is 0 Å². The van der Waals surface area contributed by atoms with Crippen LogP contribution in [0.1, 0.15) is 5.56 Å². The average molecular weight is 337 g/mol. The summed E-state index contributed by atoms with van der Waals surface area (Å²) in [6, 6.07) is 10.9. The van der Waals surface area contributed by atoms with E-state index in [4.69, 9.17) is 0 Å². The second-order valence-electron chi connectivity index (χ2n) is 4.23. The molecule has 1 rings (SSSR count). The van der Waals surface area contributed by atoms with E-state index >= 15 is 0 Å². The molecule has 0 heterocycles. The van der Waals surface area contributed by atoms with E-state index < -0.39 is 0 Å². The third-order valence-corrected chi connectivity index (χ3v) is 0.865. The Bertz CT molecular complexity index is 204. The molecule has 0 bridgehead atoms. The summed E-state index contributed by atoms with van der Waals surface area (Å²) in [4.78, 5) is 0. The molecule has 1 aromatic rings. The molecule has 0 atom stereocenters. The minimum atomic E-state index is 0.380. The average Bonchev–Trinajstić information content (AvgIpc) is 2.20. The van der Waals surface area contributed by atoms with Gasteiger partial charge in [0.25, 0.3) is 0 Å². The Morgan fingerprint density at radius 1 is 0.941 bits per heavy atom. The number of hydrogen-bond donors (Lipinski definition) is 0. The fourth-order valence-corrected chi connectivity index (χ4v) is 0.483. The molecule has 0 spiro atoms. The number of aryl methyl sites for hydroxylation is 1. The summed E-state index contributed by atoms with van der Waals surface area (Å²) in [7, 11) is 5.02. The number of halogens is 1. The summed E-state index contributed by atoms with van der Waals surface area (Å²) >= 11 is 3.35. The summed E-state index contributed by atoms with van der Waals surface area (Å²) in [5.41, 5.74) is 1.20. The van der Waals surface area contributed by atoms with Gasteiger partial charge in [0.05, 0.1) is 0 Å². The first-order chi connectivity index (χ1) is 7.86. The minimum absolute atomic E-state index is 0.380. The molecular weight excluding hydrogens is 312 g/mol. The van der Waals surface area contributed by atoms with Gasteiger partial charge in [-0.25, -0.2) is 0 Å². The van der Waals surface area contributed by atoms with Gasteiger partial charge in [0.2, 0.25) is 0 Å². The fourth-order valence-electron chi connectivity index (χ4n) is 0.483. The summed E-state index contributed by atoms with van der Waals surface area (Å²) in [6.45, 7) is 15.4. The molecule has 1 aromatic carbocycles. The van der Waals surface area contributed by atoms with Crippen LogP contribution in [0.4, 0.5) is 0 Å². The van der Waals surface area contributed by atoms with E-state index in [2.05, 4.69) is 70.8 Å². The van der Waals surface area contributed by atoms with Gasteiger partial charge in [0.1, 0.15) is 0 Å². The third kappa shape index (κ3) is 47.4. The Morgan fingerprint density at radius 3 is 1.41 bits per heavy atom. The van der Waals surface area contributed by atoms with Crippen molar-refractivity contribution in [2.75, 3.05) is 40.0 Å². The first-order valence-corrected chi connectivity index (χ1v) is 11.9. The van der Waals surface area contributed by atoms with Gasteiger partial charge in [-0.15, -0.1) is 15.8 Å². The number of benzene rings is 1. The molecule has 0 aliphatic rings. The molecule has 0 amide bonds. The summed E-state index contributed by atoms with van der Waals surface area (Å²) in [5, 5.41) is 0. The van der Waals surface area contributed by atoms with Crippen LogP contribution in [0.15, 0.2) is 24.3 Å². The Morgan fingerprint density at radius 2 is 1.29 bits per heavy atom. The van der Waals surface area contributed by atoms with Crippen LogP contribution in [-0.2, 0) is 14.6 Å². The van der Waals surface area contributed by atoms with E-state index in [0.29, 0.717) is 15.8 Å². The van der Waals surface area contributed by atoms with Crippen LogP contribution in [0.5, 0.6) is 0 Å². The first kappa shape index (κ1) is 23.0. The topological polar surface area (TPSA) is 0 Å². The van der Waals surface area contributed by atoms with Crippen molar-refractivity contribution < 1.29 is 14.6 Å². The SMILES string of the molecule is CP(C)C.CP(C)C.Cc1[c-]cccc1.[Cl][Ni]. The van der Waals surface area contributed by atoms with Gasteiger partial charge < -0.3 is 0 Å². The van der Waals surface area contributed by atoms with Crippen molar-refractivity contribution in [1.82, 2.24) is 0 Å². The molecule has 0 N–H and O–H groups in total. The van der Waals surface area contributed by atoms with Crippen molar-refractivity contribution in [3.63, 3.8) is 0 Å². The molecule has 0 saturated heterocycles. The molecule has 105 valence electrons. The second kappa shape index (κ2) is 19.2. The Labute approximate surface area is 123 Å². The molecule has 0 radical (unpaired) electrons. The Balaban J connectivity index is -0.000000172. The van der Waals surface area contributed by atoms with Crippen molar-refractivity contribution in [3.8, 4) is 0 Å². The summed E-state index contributed by atoms with van der Waals surface area (Å²) in [5.74, 6) is 0. The molecule has 0 fully saturated rings. The van der Waals surface area contributed by atoms with Crippen molar-refractivity contribution >= 4 is 26.0 Å². The zero-order valence-electron chi connectivity index (χ0n) is 11.9. The van der Waals surface area contributed by atoms with Crippen LogP contribution < -0.4 is 0 Å². The van der Waals surface area contributed by atoms with Gasteiger partial charge in [-0.3, -0.25) is 0 Å². The van der Waals surface area contributed by atoms with Gasteiger partial charge in [-0.2, -0.15) is 35.9 Å². The molecular formula is C13H25ClNiP2-. The zero-order chi connectivity index (χ0) is 14.3. The van der Waals surface area contributed by atoms with Gasteiger partial charge in [0, 0.05) is 0 Å². The van der Waals surface area contributed by atoms with Crippen molar-refractivity contribution in [2.24, 2.45) is 0 Å². The van der Waals surface area contributed by atoms with Crippen LogP contribution in [-0.4, -0.2) is 40.0 Å². The Kier molecular flexibility index (Phi) is 26.0. The second-order valence-corrected chi connectivity index (χ2v) is 9.60. The van der Waals surface area contributed by atoms with E-state index in [1.54, 1.807) is 0 Å². The molecule has 0 aliphatic heterocycles. The normalized spacial score (nSPS) is 8.24. The fraction of sp³-hybridized carbons (Fsp3) is 0.538. The van der Waals surface area contributed by atoms with Crippen molar-refractivity contribution in [1.29, 1.82) is 0 Å². The monoisotopic (exact) mass is 336 g/mol. The summed E-state index contributed by atoms with van der Waals surface area (Å²) in [6.07, 6.45) is 0. The van der Waals surface area contributed by atoms with Gasteiger partial charge in [-0.1, -0.05) is 6.92 Å². The van der Waals surface area contributed by atoms with Gasteiger partial charge in [-0.05, 0) is 40.0 Å². The number of hydrogen-bond acceptors (Lipinski definition) is 0. The molecule has 0 saturated carbocycles. The van der Waals surface area contributed by atoms with E-state index in [0.717, 1.165) is 0 Å². The van der Waals surface area contributed by atoms with Crippen LogP contribution >= 0.6 is 26.0 Å². The third-order valence-electron chi connectivity index (χ3n) is 0.865.